The van der Waals surface area contributed by atoms with Gasteiger partial charge in [-0.15, -0.1) is 0 Å². The highest BCUT2D eigenvalue weighted by molar-refractivity contribution is 5.59. The number of rotatable bonds is 5. The molecule has 0 heterocycles. The summed E-state index contributed by atoms with van der Waals surface area (Å²) in [7, 11) is 0. The molecule has 5 heteroatoms. The van der Waals surface area contributed by atoms with Crippen molar-refractivity contribution < 1.29 is 25.5 Å². The molecule has 5 nitrogen and oxygen atoms in total. The van der Waals surface area contributed by atoms with E-state index >= 15 is 0 Å². The number of benzene rings is 3. The lowest BCUT2D eigenvalue weighted by molar-refractivity contribution is 0.404. The zero-order chi connectivity index (χ0) is 25.2. The fraction of sp³-hybridized carbons (Fsp3) is 0.419. The summed E-state index contributed by atoms with van der Waals surface area (Å²) < 4.78 is 0. The summed E-state index contributed by atoms with van der Waals surface area (Å²) in [5, 5.41) is 54.0. The first-order valence-corrected chi connectivity index (χ1v) is 13.3. The van der Waals surface area contributed by atoms with Gasteiger partial charge in [0.25, 0.3) is 0 Å². The van der Waals surface area contributed by atoms with Crippen molar-refractivity contribution in [3.05, 3.63) is 76.3 Å². The Morgan fingerprint density at radius 1 is 0.528 bits per heavy atom. The van der Waals surface area contributed by atoms with Crippen LogP contribution < -0.4 is 0 Å². The van der Waals surface area contributed by atoms with Crippen LogP contribution in [0.1, 0.15) is 110 Å². The summed E-state index contributed by atoms with van der Waals surface area (Å²) in [6.45, 7) is 0. The Labute approximate surface area is 212 Å². The molecule has 0 amide bonds. The first-order valence-electron chi connectivity index (χ1n) is 13.3. The van der Waals surface area contributed by atoms with Crippen LogP contribution >= 0.6 is 0 Å². The largest absolute Gasteiger partial charge is 0.508 e. The second-order valence-electron chi connectivity index (χ2n) is 10.6. The molecule has 190 valence electrons. The molecule has 0 saturated heterocycles. The molecule has 3 aromatic carbocycles. The van der Waals surface area contributed by atoms with Crippen LogP contribution in [0.4, 0.5) is 0 Å². The molecule has 2 fully saturated rings. The van der Waals surface area contributed by atoms with Gasteiger partial charge in [0.1, 0.15) is 28.7 Å². The Balaban J connectivity index is 1.68. The van der Waals surface area contributed by atoms with Crippen molar-refractivity contribution in [2.75, 3.05) is 0 Å². The molecule has 0 aromatic heterocycles. The normalized spacial score (nSPS) is 17.5. The molecule has 0 radical (unpaired) electrons. The van der Waals surface area contributed by atoms with Crippen molar-refractivity contribution in [2.45, 2.75) is 82.0 Å². The predicted octanol–water partition coefficient (Wildman–Crippen LogP) is 7.49. The van der Waals surface area contributed by atoms with Crippen molar-refractivity contribution >= 4 is 0 Å². The highest BCUT2D eigenvalue weighted by Gasteiger charge is 2.29. The van der Waals surface area contributed by atoms with Crippen LogP contribution in [0.25, 0.3) is 0 Å². The first kappa shape index (κ1) is 24.4. The Hall–Kier alpha value is -3.34. The summed E-state index contributed by atoms with van der Waals surface area (Å²) in [5.74, 6) is -0.00856. The maximum atomic E-state index is 11.1. The number of phenols is 5. The van der Waals surface area contributed by atoms with Gasteiger partial charge in [-0.1, -0.05) is 50.7 Å². The van der Waals surface area contributed by atoms with E-state index in [0.717, 1.165) is 62.5 Å². The zero-order valence-electron chi connectivity index (χ0n) is 20.7. The maximum Gasteiger partial charge on any atom is 0.123 e. The molecule has 2 aliphatic carbocycles. The average molecular weight is 489 g/mol. The van der Waals surface area contributed by atoms with Gasteiger partial charge in [0.05, 0.1) is 0 Å². The molecule has 36 heavy (non-hydrogen) atoms. The van der Waals surface area contributed by atoms with E-state index in [2.05, 4.69) is 0 Å². The van der Waals surface area contributed by atoms with Gasteiger partial charge in [-0.05, 0) is 78.5 Å². The Kier molecular flexibility index (Phi) is 6.99. The van der Waals surface area contributed by atoms with Gasteiger partial charge in [0, 0.05) is 29.2 Å². The van der Waals surface area contributed by atoms with Crippen LogP contribution in [0, 0.1) is 0 Å². The SMILES string of the molecule is Oc1cccc(C(c2cc(C3CCCCC3)c(O)cc2O)c2cc(C3CCCCC3)c(O)cc2O)c1. The van der Waals surface area contributed by atoms with Gasteiger partial charge in [-0.2, -0.15) is 0 Å². The monoisotopic (exact) mass is 488 g/mol. The van der Waals surface area contributed by atoms with E-state index in [1.54, 1.807) is 18.2 Å². The minimum absolute atomic E-state index is 0.0629. The molecule has 5 N–H and O–H groups in total. The van der Waals surface area contributed by atoms with Crippen LogP contribution in [0.5, 0.6) is 28.7 Å². The third-order valence-electron chi connectivity index (χ3n) is 8.27. The quantitative estimate of drug-likeness (QED) is 0.240. The number of aromatic hydroxyl groups is 5. The van der Waals surface area contributed by atoms with E-state index < -0.39 is 5.92 Å². The Morgan fingerprint density at radius 2 is 1.00 bits per heavy atom. The van der Waals surface area contributed by atoms with Crippen LogP contribution in [0.3, 0.4) is 0 Å². The molecule has 2 aliphatic rings. The van der Waals surface area contributed by atoms with Crippen molar-refractivity contribution in [1.82, 2.24) is 0 Å². The summed E-state index contributed by atoms with van der Waals surface area (Å²) in [5.41, 5.74) is 3.47. The molecule has 2 saturated carbocycles. The lowest BCUT2D eigenvalue weighted by Gasteiger charge is -2.28. The summed E-state index contributed by atoms with van der Waals surface area (Å²) in [6, 6.07) is 13.4. The van der Waals surface area contributed by atoms with Crippen molar-refractivity contribution in [3.63, 3.8) is 0 Å². The van der Waals surface area contributed by atoms with Crippen molar-refractivity contribution in [2.24, 2.45) is 0 Å². The standard InChI is InChI=1S/C31H36O5/c32-22-13-7-12-21(14-22)31(25-15-23(27(33)17-29(25)35)19-8-3-1-4-9-19)26-16-24(28(34)18-30(26)36)20-10-5-2-6-11-20/h7,12-20,31-36H,1-6,8-11H2. The summed E-state index contributed by atoms with van der Waals surface area (Å²) in [6.07, 6.45) is 10.8. The van der Waals surface area contributed by atoms with Crippen LogP contribution in [0.15, 0.2) is 48.5 Å². The van der Waals surface area contributed by atoms with Gasteiger partial charge in [0.15, 0.2) is 0 Å². The lowest BCUT2D eigenvalue weighted by atomic mass is 9.77. The summed E-state index contributed by atoms with van der Waals surface area (Å²) >= 11 is 0. The molecule has 0 atom stereocenters. The van der Waals surface area contributed by atoms with Crippen molar-refractivity contribution in [1.29, 1.82) is 0 Å². The van der Waals surface area contributed by atoms with E-state index in [4.69, 9.17) is 0 Å². The number of hydrogen-bond acceptors (Lipinski definition) is 5. The molecule has 0 unspecified atom stereocenters. The van der Waals surface area contributed by atoms with Gasteiger partial charge in [-0.3, -0.25) is 0 Å². The predicted molar refractivity (Wildman–Crippen MR) is 140 cm³/mol. The second-order valence-corrected chi connectivity index (χ2v) is 10.6. The third-order valence-corrected chi connectivity index (χ3v) is 8.27. The third kappa shape index (κ3) is 4.84. The first-order chi connectivity index (χ1) is 17.4. The molecule has 0 bridgehead atoms. The fourth-order valence-electron chi connectivity index (χ4n) is 6.40. The van der Waals surface area contributed by atoms with Crippen molar-refractivity contribution in [3.8, 4) is 28.7 Å². The van der Waals surface area contributed by atoms with Gasteiger partial charge in [-0.25, -0.2) is 0 Å². The maximum absolute atomic E-state index is 11.1. The van der Waals surface area contributed by atoms with Crippen LogP contribution in [-0.4, -0.2) is 25.5 Å². The van der Waals surface area contributed by atoms with Gasteiger partial charge >= 0.3 is 0 Å². The molecule has 5 rings (SSSR count). The minimum atomic E-state index is -0.594. The van der Waals surface area contributed by atoms with E-state index in [0.29, 0.717) is 16.7 Å². The number of hydrogen-bond donors (Lipinski definition) is 5. The molecular weight excluding hydrogens is 452 g/mol. The van der Waals surface area contributed by atoms with Crippen LogP contribution in [-0.2, 0) is 0 Å². The van der Waals surface area contributed by atoms with E-state index in [1.807, 2.05) is 18.2 Å². The Bertz CT molecular complexity index is 1150. The zero-order valence-corrected chi connectivity index (χ0v) is 20.7. The van der Waals surface area contributed by atoms with Crippen LogP contribution in [0.2, 0.25) is 0 Å². The molecule has 0 aliphatic heterocycles. The molecule has 0 spiro atoms. The van der Waals surface area contributed by atoms with Gasteiger partial charge < -0.3 is 25.5 Å². The second kappa shape index (κ2) is 10.3. The van der Waals surface area contributed by atoms with E-state index in [1.165, 1.54) is 25.0 Å². The smallest absolute Gasteiger partial charge is 0.123 e. The van der Waals surface area contributed by atoms with E-state index in [-0.39, 0.29) is 40.6 Å². The Morgan fingerprint density at radius 3 is 1.44 bits per heavy atom. The highest BCUT2D eigenvalue weighted by Crippen LogP contribution is 2.48. The fourth-order valence-corrected chi connectivity index (χ4v) is 6.40. The minimum Gasteiger partial charge on any atom is -0.508 e. The topological polar surface area (TPSA) is 101 Å². The molecular formula is C31H36O5. The summed E-state index contributed by atoms with van der Waals surface area (Å²) in [4.78, 5) is 0. The average Bonchev–Trinajstić information content (AvgIpc) is 2.88. The van der Waals surface area contributed by atoms with Gasteiger partial charge in [0.2, 0.25) is 0 Å². The van der Waals surface area contributed by atoms with E-state index in [9.17, 15) is 25.5 Å². The number of phenolic OH excluding ortho intramolecular Hbond substituents is 5. The lowest BCUT2D eigenvalue weighted by Crippen LogP contribution is -2.10. The molecule has 3 aromatic rings. The highest BCUT2D eigenvalue weighted by atomic mass is 16.3.